The fourth-order valence-electron chi connectivity index (χ4n) is 3.54. The molecule has 0 fully saturated rings. The summed E-state index contributed by atoms with van der Waals surface area (Å²) in [6.07, 6.45) is 2.15. The van der Waals surface area contributed by atoms with Gasteiger partial charge in [-0.05, 0) is 17.2 Å². The first kappa shape index (κ1) is 22.3. The summed E-state index contributed by atoms with van der Waals surface area (Å²) in [5.74, 6) is 0.575. The third-order valence-corrected chi connectivity index (χ3v) is 6.64. The van der Waals surface area contributed by atoms with Crippen LogP contribution >= 0.6 is 11.6 Å². The highest BCUT2D eigenvalue weighted by Gasteiger charge is 2.19. The van der Waals surface area contributed by atoms with E-state index in [4.69, 9.17) is 16.9 Å². The molecular weight excluding hydrogens is 460 g/mol. The SMILES string of the molecule is N#CNS(=O)(=O)c1ccccc1-c1ccc(Cn2c(-c3ccccc3)nc(Cl)c2C=O)cc1. The number of halogens is 1. The number of nitrogens with one attached hydrogen (secondary N) is 1. The maximum absolute atomic E-state index is 12.4. The van der Waals surface area contributed by atoms with Gasteiger partial charge in [0, 0.05) is 17.7 Å². The topological polar surface area (TPSA) is 105 Å². The van der Waals surface area contributed by atoms with E-state index in [0.717, 1.165) is 11.1 Å². The molecule has 0 unspecified atom stereocenters. The van der Waals surface area contributed by atoms with Crippen molar-refractivity contribution in [2.24, 2.45) is 0 Å². The Bertz CT molecular complexity index is 1460. The second kappa shape index (κ2) is 9.28. The minimum atomic E-state index is -3.97. The molecule has 0 bridgehead atoms. The van der Waals surface area contributed by atoms with Crippen LogP contribution in [0.25, 0.3) is 22.5 Å². The summed E-state index contributed by atoms with van der Waals surface area (Å²) in [5, 5.41) is 8.90. The minimum Gasteiger partial charge on any atom is -0.316 e. The molecule has 0 atom stereocenters. The highest BCUT2D eigenvalue weighted by molar-refractivity contribution is 7.89. The van der Waals surface area contributed by atoms with Gasteiger partial charge in [-0.3, -0.25) is 4.79 Å². The van der Waals surface area contributed by atoms with Crippen LogP contribution in [0.4, 0.5) is 0 Å². The number of hydrogen-bond acceptors (Lipinski definition) is 5. The molecule has 0 radical (unpaired) electrons. The normalized spacial score (nSPS) is 11.0. The largest absolute Gasteiger partial charge is 0.316 e. The van der Waals surface area contributed by atoms with Crippen molar-refractivity contribution in [3.05, 3.63) is 95.3 Å². The smallest absolute Gasteiger partial charge is 0.270 e. The third-order valence-electron chi connectivity index (χ3n) is 5.07. The molecule has 3 aromatic carbocycles. The monoisotopic (exact) mass is 476 g/mol. The van der Waals surface area contributed by atoms with Gasteiger partial charge in [-0.25, -0.2) is 18.1 Å². The van der Waals surface area contributed by atoms with E-state index in [1.165, 1.54) is 12.3 Å². The van der Waals surface area contributed by atoms with Gasteiger partial charge in [0.1, 0.15) is 11.5 Å². The van der Waals surface area contributed by atoms with Crippen LogP contribution in [0.15, 0.2) is 83.8 Å². The number of aldehydes is 1. The Kier molecular flexibility index (Phi) is 6.27. The van der Waals surface area contributed by atoms with Crippen molar-refractivity contribution in [1.82, 2.24) is 14.3 Å². The number of carbonyl (C=O) groups is 1. The van der Waals surface area contributed by atoms with Crippen LogP contribution in [-0.4, -0.2) is 24.3 Å². The summed E-state index contributed by atoms with van der Waals surface area (Å²) in [4.78, 5) is 16.1. The Morgan fingerprint density at radius 2 is 1.64 bits per heavy atom. The highest BCUT2D eigenvalue weighted by Crippen LogP contribution is 2.29. The lowest BCUT2D eigenvalue weighted by Crippen LogP contribution is -2.18. The predicted molar refractivity (Wildman–Crippen MR) is 125 cm³/mol. The summed E-state index contributed by atoms with van der Waals surface area (Å²) in [5.41, 5.74) is 3.10. The molecule has 0 aliphatic heterocycles. The Labute approximate surface area is 196 Å². The van der Waals surface area contributed by atoms with Crippen molar-refractivity contribution in [2.45, 2.75) is 11.4 Å². The fourth-order valence-corrected chi connectivity index (χ4v) is 4.73. The van der Waals surface area contributed by atoms with Crippen LogP contribution in [0, 0.1) is 11.5 Å². The van der Waals surface area contributed by atoms with E-state index in [1.807, 2.05) is 47.2 Å². The average Bonchev–Trinajstić information content (AvgIpc) is 3.15. The van der Waals surface area contributed by atoms with Gasteiger partial charge >= 0.3 is 0 Å². The van der Waals surface area contributed by atoms with Crippen molar-refractivity contribution in [3.63, 3.8) is 0 Å². The molecule has 1 N–H and O–H groups in total. The van der Waals surface area contributed by atoms with Crippen LogP contribution in [0.5, 0.6) is 0 Å². The van der Waals surface area contributed by atoms with Gasteiger partial charge in [0.15, 0.2) is 17.6 Å². The van der Waals surface area contributed by atoms with Crippen LogP contribution in [0.2, 0.25) is 5.15 Å². The first-order valence-electron chi connectivity index (χ1n) is 9.80. The number of carbonyl (C=O) groups excluding carboxylic acids is 1. The second-order valence-electron chi connectivity index (χ2n) is 7.09. The maximum atomic E-state index is 12.4. The fraction of sp³-hybridized carbons (Fsp3) is 0.0417. The van der Waals surface area contributed by atoms with Gasteiger partial charge in [0.2, 0.25) is 0 Å². The molecule has 0 amide bonds. The van der Waals surface area contributed by atoms with Crippen LogP contribution in [-0.2, 0) is 16.6 Å². The predicted octanol–water partition coefficient (Wildman–Crippen LogP) is 4.49. The Morgan fingerprint density at radius 1 is 0.970 bits per heavy atom. The molecule has 0 spiro atoms. The minimum absolute atomic E-state index is 0.00953. The number of rotatable bonds is 7. The Morgan fingerprint density at radius 3 is 2.30 bits per heavy atom. The van der Waals surface area contributed by atoms with E-state index in [1.54, 1.807) is 34.9 Å². The molecule has 7 nitrogen and oxygen atoms in total. The molecule has 1 aromatic heterocycles. The molecule has 4 aromatic rings. The number of aromatic nitrogens is 2. The van der Waals surface area contributed by atoms with E-state index in [0.29, 0.717) is 29.8 Å². The number of sulfonamides is 1. The molecule has 33 heavy (non-hydrogen) atoms. The van der Waals surface area contributed by atoms with Crippen molar-refractivity contribution >= 4 is 27.9 Å². The summed E-state index contributed by atoms with van der Waals surface area (Å²) in [6, 6.07) is 23.1. The van der Waals surface area contributed by atoms with Gasteiger partial charge in [-0.2, -0.15) is 5.26 Å². The lowest BCUT2D eigenvalue weighted by molar-refractivity contribution is 0.111. The van der Waals surface area contributed by atoms with Crippen LogP contribution in [0.3, 0.4) is 0 Å². The Hall–Kier alpha value is -3.93. The summed E-state index contributed by atoms with van der Waals surface area (Å²) < 4.78 is 28.4. The number of nitriles is 1. The summed E-state index contributed by atoms with van der Waals surface area (Å²) in [7, 11) is -3.97. The highest BCUT2D eigenvalue weighted by atomic mass is 35.5. The lowest BCUT2D eigenvalue weighted by atomic mass is 10.0. The van der Waals surface area contributed by atoms with Crippen molar-refractivity contribution in [3.8, 4) is 28.7 Å². The van der Waals surface area contributed by atoms with E-state index in [2.05, 4.69) is 4.98 Å². The first-order chi connectivity index (χ1) is 15.9. The van der Waals surface area contributed by atoms with E-state index in [9.17, 15) is 13.2 Å². The van der Waals surface area contributed by atoms with Gasteiger partial charge in [-0.15, -0.1) is 0 Å². The molecule has 9 heteroatoms. The summed E-state index contributed by atoms with van der Waals surface area (Å²) in [6.45, 7) is 0.342. The van der Waals surface area contributed by atoms with E-state index < -0.39 is 10.0 Å². The lowest BCUT2D eigenvalue weighted by Gasteiger charge is -2.12. The van der Waals surface area contributed by atoms with Gasteiger partial charge in [0.25, 0.3) is 10.0 Å². The molecular formula is C24H17ClN4O3S. The number of hydrogen-bond donors (Lipinski definition) is 1. The van der Waals surface area contributed by atoms with Crippen molar-refractivity contribution in [2.75, 3.05) is 0 Å². The Balaban J connectivity index is 1.70. The van der Waals surface area contributed by atoms with Gasteiger partial charge < -0.3 is 4.57 Å². The van der Waals surface area contributed by atoms with Crippen LogP contribution in [0.1, 0.15) is 16.1 Å². The standard InChI is InChI=1S/C24H17ClN4O3S/c25-23-21(15-30)29(24(28-23)19-6-2-1-3-7-19)14-17-10-12-18(13-11-17)20-8-4-5-9-22(20)33(31,32)27-16-26/h1-13,15,27H,14H2. The van der Waals surface area contributed by atoms with E-state index in [-0.39, 0.29) is 15.7 Å². The molecule has 1 heterocycles. The van der Waals surface area contributed by atoms with E-state index >= 15 is 0 Å². The third kappa shape index (κ3) is 4.51. The molecule has 164 valence electrons. The maximum Gasteiger partial charge on any atom is 0.270 e. The van der Waals surface area contributed by atoms with Crippen LogP contribution < -0.4 is 4.72 Å². The zero-order valence-electron chi connectivity index (χ0n) is 17.1. The van der Waals surface area contributed by atoms with Crippen molar-refractivity contribution in [1.29, 1.82) is 5.26 Å². The van der Waals surface area contributed by atoms with Gasteiger partial charge in [-0.1, -0.05) is 84.4 Å². The van der Waals surface area contributed by atoms with Gasteiger partial charge in [0.05, 0.1) is 4.90 Å². The zero-order valence-corrected chi connectivity index (χ0v) is 18.7. The first-order valence-corrected chi connectivity index (χ1v) is 11.7. The number of imidazole rings is 1. The molecule has 4 rings (SSSR count). The van der Waals surface area contributed by atoms with Crippen molar-refractivity contribution < 1.29 is 13.2 Å². The summed E-state index contributed by atoms with van der Waals surface area (Å²) >= 11 is 6.21. The number of benzene rings is 3. The quantitative estimate of drug-likeness (QED) is 0.240. The molecule has 0 aliphatic carbocycles. The molecule has 0 saturated carbocycles. The number of nitrogens with zero attached hydrogens (tertiary/aromatic N) is 3. The zero-order chi connectivity index (χ0) is 23.4. The average molecular weight is 477 g/mol. The molecule has 0 aliphatic rings. The second-order valence-corrected chi connectivity index (χ2v) is 9.10. The molecule has 0 saturated heterocycles.